The summed E-state index contributed by atoms with van der Waals surface area (Å²) in [5.74, 6) is -0.454. The van der Waals surface area contributed by atoms with Gasteiger partial charge in [-0.15, -0.1) is 0 Å². The molecule has 0 aliphatic rings. The fraction of sp³-hybridized carbons (Fsp3) is 0.333. The highest BCUT2D eigenvalue weighted by Crippen LogP contribution is 2.10. The van der Waals surface area contributed by atoms with Crippen molar-refractivity contribution in [1.82, 2.24) is 5.32 Å². The molecule has 16 heavy (non-hydrogen) atoms. The maximum Gasteiger partial charge on any atom is 0.270 e. The van der Waals surface area contributed by atoms with Crippen LogP contribution in [-0.4, -0.2) is 19.6 Å². The van der Waals surface area contributed by atoms with Crippen molar-refractivity contribution in [2.75, 3.05) is 13.7 Å². The van der Waals surface area contributed by atoms with Gasteiger partial charge in [-0.1, -0.05) is 28.1 Å². The van der Waals surface area contributed by atoms with Crippen LogP contribution in [0.5, 0.6) is 0 Å². The first-order valence-corrected chi connectivity index (χ1v) is 5.77. The molecule has 86 valence electrons. The van der Waals surface area contributed by atoms with Gasteiger partial charge < -0.3 is 10.1 Å². The van der Waals surface area contributed by atoms with Gasteiger partial charge >= 0.3 is 0 Å². The molecule has 1 aromatic rings. The van der Waals surface area contributed by atoms with E-state index in [1.807, 2.05) is 24.3 Å². The van der Waals surface area contributed by atoms with Gasteiger partial charge in [-0.3, -0.25) is 4.79 Å². The molecule has 1 aromatic carbocycles. The Hall–Kier alpha value is -1.000. The second-order valence-corrected chi connectivity index (χ2v) is 4.41. The molecule has 3 nitrogen and oxygen atoms in total. The standard InChI is InChI=1S/C12H14BrNO2/c1-9(8-16-2)12(15)14-7-10-3-5-11(13)6-4-10/h3-6,9H,1,7-8H2,2H3/p+1. The third kappa shape index (κ3) is 4.24. The zero-order chi connectivity index (χ0) is 12.0. The molecule has 0 fully saturated rings. The van der Waals surface area contributed by atoms with Crippen molar-refractivity contribution in [3.63, 3.8) is 0 Å². The number of ether oxygens (including phenoxy) is 1. The molecule has 0 aliphatic heterocycles. The lowest BCUT2D eigenvalue weighted by atomic mass is 10.1. The van der Waals surface area contributed by atoms with Gasteiger partial charge in [-0.05, 0) is 17.7 Å². The highest BCUT2D eigenvalue weighted by molar-refractivity contribution is 9.10. The quantitative estimate of drug-likeness (QED) is 0.842. The Morgan fingerprint density at radius 1 is 1.50 bits per heavy atom. The number of methoxy groups -OCH3 is 1. The molecule has 0 aromatic heterocycles. The minimum absolute atomic E-state index is 0.0928. The molecule has 0 spiro atoms. The Kier molecular flexibility index (Phi) is 5.35. The topological polar surface area (TPSA) is 38.3 Å². The van der Waals surface area contributed by atoms with E-state index >= 15 is 0 Å². The highest BCUT2D eigenvalue weighted by Gasteiger charge is 2.18. The Bertz CT molecular complexity index is 337. The maximum atomic E-state index is 11.5. The van der Waals surface area contributed by atoms with Gasteiger partial charge in [0, 0.05) is 18.1 Å². The summed E-state index contributed by atoms with van der Waals surface area (Å²) in [4.78, 5) is 11.5. The number of carbonyl (C=O) groups is 1. The second kappa shape index (κ2) is 6.55. The third-order valence-electron chi connectivity index (χ3n) is 2.12. The Morgan fingerprint density at radius 2 is 2.12 bits per heavy atom. The third-order valence-corrected chi connectivity index (χ3v) is 2.65. The first kappa shape index (κ1) is 13.1. The number of carbonyl (C=O) groups excluding carboxylic acids is 1. The van der Waals surface area contributed by atoms with Gasteiger partial charge in [-0.25, -0.2) is 0 Å². The SMILES string of the molecule is [CH2+]C(COC)C(=O)NCc1ccc(Br)cc1. The van der Waals surface area contributed by atoms with Gasteiger partial charge in [0.15, 0.2) is 5.92 Å². The van der Waals surface area contributed by atoms with E-state index in [4.69, 9.17) is 4.74 Å². The van der Waals surface area contributed by atoms with Crippen LogP contribution in [0.4, 0.5) is 0 Å². The molecule has 0 radical (unpaired) electrons. The van der Waals surface area contributed by atoms with Crippen LogP contribution in [0.3, 0.4) is 0 Å². The fourth-order valence-corrected chi connectivity index (χ4v) is 1.48. The van der Waals surface area contributed by atoms with Crippen molar-refractivity contribution >= 4 is 21.8 Å². The number of hydrogen-bond acceptors (Lipinski definition) is 2. The van der Waals surface area contributed by atoms with Gasteiger partial charge in [0.25, 0.3) is 5.91 Å². The van der Waals surface area contributed by atoms with Gasteiger partial charge in [0.05, 0.1) is 13.5 Å². The Morgan fingerprint density at radius 3 is 2.69 bits per heavy atom. The van der Waals surface area contributed by atoms with Gasteiger partial charge in [0.2, 0.25) is 0 Å². The molecule has 1 unspecified atom stereocenters. The molecule has 1 amide bonds. The molecular weight excluding hydrogens is 270 g/mol. The summed E-state index contributed by atoms with van der Waals surface area (Å²) >= 11 is 3.36. The largest absolute Gasteiger partial charge is 0.379 e. The lowest BCUT2D eigenvalue weighted by molar-refractivity contribution is -0.125. The molecule has 4 heteroatoms. The minimum Gasteiger partial charge on any atom is -0.379 e. The first-order chi connectivity index (χ1) is 7.63. The van der Waals surface area contributed by atoms with Crippen LogP contribution in [0.15, 0.2) is 28.7 Å². The van der Waals surface area contributed by atoms with E-state index < -0.39 is 0 Å². The zero-order valence-corrected chi connectivity index (χ0v) is 10.8. The van der Waals surface area contributed by atoms with Crippen LogP contribution in [0.2, 0.25) is 0 Å². The number of benzene rings is 1. The second-order valence-electron chi connectivity index (χ2n) is 3.50. The van der Waals surface area contributed by atoms with Crippen LogP contribution in [0.1, 0.15) is 5.56 Å². The van der Waals surface area contributed by atoms with Crippen LogP contribution < -0.4 is 5.32 Å². The van der Waals surface area contributed by atoms with E-state index in [9.17, 15) is 4.79 Å². The summed E-state index contributed by atoms with van der Waals surface area (Å²) < 4.78 is 5.89. The summed E-state index contributed by atoms with van der Waals surface area (Å²) in [7, 11) is 1.56. The normalized spacial score (nSPS) is 12.1. The van der Waals surface area contributed by atoms with Crippen molar-refractivity contribution in [1.29, 1.82) is 0 Å². The van der Waals surface area contributed by atoms with Crippen molar-refractivity contribution in [3.8, 4) is 0 Å². The van der Waals surface area contributed by atoms with Crippen molar-refractivity contribution < 1.29 is 9.53 Å². The molecule has 0 aliphatic carbocycles. The molecule has 1 N–H and O–H groups in total. The van der Waals surface area contributed by atoms with E-state index in [0.29, 0.717) is 13.2 Å². The van der Waals surface area contributed by atoms with Crippen LogP contribution in [0, 0.1) is 12.8 Å². The molecule has 0 heterocycles. The first-order valence-electron chi connectivity index (χ1n) is 4.97. The lowest BCUT2D eigenvalue weighted by Gasteiger charge is -2.07. The van der Waals surface area contributed by atoms with Crippen LogP contribution in [-0.2, 0) is 16.1 Å². The molecule has 1 atom stereocenters. The smallest absolute Gasteiger partial charge is 0.270 e. The molecule has 1 rings (SSSR count). The number of rotatable bonds is 5. The summed E-state index contributed by atoms with van der Waals surface area (Å²) in [6.45, 7) is 4.56. The zero-order valence-electron chi connectivity index (χ0n) is 9.20. The summed E-state index contributed by atoms with van der Waals surface area (Å²) in [5.41, 5.74) is 1.06. The summed E-state index contributed by atoms with van der Waals surface area (Å²) in [5, 5.41) is 2.81. The van der Waals surface area contributed by atoms with Crippen molar-refractivity contribution in [2.24, 2.45) is 5.92 Å². The van der Waals surface area contributed by atoms with E-state index in [1.54, 1.807) is 7.11 Å². The summed E-state index contributed by atoms with van der Waals surface area (Å²) in [6.07, 6.45) is 0. The maximum absolute atomic E-state index is 11.5. The van der Waals surface area contributed by atoms with E-state index in [1.165, 1.54) is 0 Å². The molecule has 0 bridgehead atoms. The minimum atomic E-state index is -0.361. The molecule has 0 saturated carbocycles. The predicted octanol–water partition coefficient (Wildman–Crippen LogP) is 2.16. The van der Waals surface area contributed by atoms with Crippen LogP contribution >= 0.6 is 15.9 Å². The van der Waals surface area contributed by atoms with Gasteiger partial charge in [-0.2, -0.15) is 0 Å². The number of halogens is 1. The van der Waals surface area contributed by atoms with E-state index in [2.05, 4.69) is 28.2 Å². The van der Waals surface area contributed by atoms with Crippen molar-refractivity contribution in [3.05, 3.63) is 41.2 Å². The Balaban J connectivity index is 2.39. The Labute approximate surface area is 104 Å². The molecule has 0 saturated heterocycles. The molecular formula is C12H15BrNO2+. The average molecular weight is 285 g/mol. The van der Waals surface area contributed by atoms with Crippen molar-refractivity contribution in [2.45, 2.75) is 6.54 Å². The predicted molar refractivity (Wildman–Crippen MR) is 66.7 cm³/mol. The number of amides is 1. The highest BCUT2D eigenvalue weighted by atomic mass is 79.9. The van der Waals surface area contributed by atoms with Gasteiger partial charge in [0.1, 0.15) is 0 Å². The van der Waals surface area contributed by atoms with E-state index in [-0.39, 0.29) is 11.8 Å². The average Bonchev–Trinajstić information content (AvgIpc) is 2.28. The van der Waals surface area contributed by atoms with Crippen LogP contribution in [0.25, 0.3) is 0 Å². The number of hydrogen-bond donors (Lipinski definition) is 1. The number of nitrogens with one attached hydrogen (secondary N) is 1. The summed E-state index contributed by atoms with van der Waals surface area (Å²) in [6, 6.07) is 7.80. The van der Waals surface area contributed by atoms with E-state index in [0.717, 1.165) is 10.0 Å². The lowest BCUT2D eigenvalue weighted by Crippen LogP contribution is -2.31. The monoisotopic (exact) mass is 284 g/mol. The fourth-order valence-electron chi connectivity index (χ4n) is 1.21.